The van der Waals surface area contributed by atoms with Crippen LogP contribution in [0.2, 0.25) is 5.02 Å². The van der Waals surface area contributed by atoms with E-state index in [2.05, 4.69) is 4.99 Å². The van der Waals surface area contributed by atoms with Crippen molar-refractivity contribution in [3.05, 3.63) is 32.8 Å². The molecule has 1 aliphatic carbocycles. The van der Waals surface area contributed by atoms with E-state index in [1.165, 1.54) is 12.3 Å². The van der Waals surface area contributed by atoms with E-state index in [0.717, 1.165) is 18.9 Å². The highest BCUT2D eigenvalue weighted by atomic mass is 35.5. The van der Waals surface area contributed by atoms with Gasteiger partial charge >= 0.3 is 5.69 Å². The Morgan fingerprint density at radius 1 is 1.56 bits per heavy atom. The lowest BCUT2D eigenvalue weighted by Crippen LogP contribution is -1.93. The zero-order valence-corrected chi connectivity index (χ0v) is 9.02. The van der Waals surface area contributed by atoms with Crippen LogP contribution in [0.25, 0.3) is 0 Å². The van der Waals surface area contributed by atoms with Crippen molar-refractivity contribution in [3.8, 4) is 5.75 Å². The second-order valence-corrected chi connectivity index (χ2v) is 4.07. The van der Waals surface area contributed by atoms with Gasteiger partial charge in [0.05, 0.1) is 11.0 Å². The summed E-state index contributed by atoms with van der Waals surface area (Å²) >= 11 is 5.72. The van der Waals surface area contributed by atoms with E-state index in [4.69, 9.17) is 11.6 Å². The molecule has 0 bridgehead atoms. The molecule has 0 saturated heterocycles. The number of benzene rings is 1. The molecule has 0 radical (unpaired) electrons. The van der Waals surface area contributed by atoms with Crippen molar-refractivity contribution in [1.82, 2.24) is 0 Å². The zero-order valence-electron chi connectivity index (χ0n) is 8.26. The SMILES string of the molecule is O=[N+]([O-])c1cc(Cl)cc(C=NC2CC2)c1O. The van der Waals surface area contributed by atoms with Gasteiger partial charge in [-0.3, -0.25) is 15.1 Å². The van der Waals surface area contributed by atoms with Crippen LogP contribution >= 0.6 is 11.6 Å². The first kappa shape index (κ1) is 10.9. The Morgan fingerprint density at radius 2 is 2.25 bits per heavy atom. The van der Waals surface area contributed by atoms with E-state index in [1.807, 2.05) is 0 Å². The van der Waals surface area contributed by atoms with Gasteiger partial charge in [0.15, 0.2) is 0 Å². The molecule has 1 aromatic carbocycles. The first-order valence-corrected chi connectivity index (χ1v) is 5.16. The number of rotatable bonds is 3. The van der Waals surface area contributed by atoms with Gasteiger partial charge in [0, 0.05) is 22.9 Å². The van der Waals surface area contributed by atoms with Crippen LogP contribution in [0.5, 0.6) is 5.75 Å². The van der Waals surface area contributed by atoms with Gasteiger partial charge in [-0.25, -0.2) is 0 Å². The largest absolute Gasteiger partial charge is 0.502 e. The summed E-state index contributed by atoms with van der Waals surface area (Å²) < 4.78 is 0. The molecule has 1 aliphatic rings. The fourth-order valence-electron chi connectivity index (χ4n) is 1.25. The molecule has 1 aromatic rings. The lowest BCUT2D eigenvalue weighted by Gasteiger charge is -2.01. The van der Waals surface area contributed by atoms with E-state index in [-0.39, 0.29) is 22.4 Å². The lowest BCUT2D eigenvalue weighted by atomic mass is 10.2. The molecule has 1 fully saturated rings. The summed E-state index contributed by atoms with van der Waals surface area (Å²) in [5.74, 6) is -0.390. The summed E-state index contributed by atoms with van der Waals surface area (Å²) in [6.45, 7) is 0. The average molecular weight is 241 g/mol. The third-order valence-corrected chi connectivity index (χ3v) is 2.47. The molecule has 1 N–H and O–H groups in total. The summed E-state index contributed by atoms with van der Waals surface area (Å²) in [6, 6.07) is 2.86. The lowest BCUT2D eigenvalue weighted by molar-refractivity contribution is -0.385. The van der Waals surface area contributed by atoms with Gasteiger partial charge in [-0.15, -0.1) is 0 Å². The first-order valence-electron chi connectivity index (χ1n) is 4.78. The first-order chi connectivity index (χ1) is 7.58. The smallest absolute Gasteiger partial charge is 0.312 e. The van der Waals surface area contributed by atoms with Gasteiger partial charge in [-0.05, 0) is 18.9 Å². The van der Waals surface area contributed by atoms with Crippen molar-refractivity contribution in [2.75, 3.05) is 0 Å². The van der Waals surface area contributed by atoms with Crippen LogP contribution in [0, 0.1) is 10.1 Å². The molecule has 1 saturated carbocycles. The Bertz CT molecular complexity index is 469. The predicted molar refractivity (Wildman–Crippen MR) is 60.4 cm³/mol. The van der Waals surface area contributed by atoms with Gasteiger partial charge in [-0.2, -0.15) is 0 Å². The van der Waals surface area contributed by atoms with Crippen LogP contribution < -0.4 is 0 Å². The van der Waals surface area contributed by atoms with Gasteiger partial charge in [-0.1, -0.05) is 11.6 Å². The molecule has 0 atom stereocenters. The molecule has 0 spiro atoms. The van der Waals surface area contributed by atoms with Gasteiger partial charge < -0.3 is 5.11 Å². The van der Waals surface area contributed by atoms with E-state index in [1.54, 1.807) is 0 Å². The predicted octanol–water partition coefficient (Wildman–Crippen LogP) is 2.54. The van der Waals surface area contributed by atoms with Crippen LogP contribution in [0.1, 0.15) is 18.4 Å². The Hall–Kier alpha value is -1.62. The monoisotopic (exact) mass is 240 g/mol. The van der Waals surface area contributed by atoms with Crippen LogP contribution in [0.3, 0.4) is 0 Å². The number of phenolic OH excluding ortho intramolecular Hbond substituents is 1. The Kier molecular flexibility index (Phi) is 2.78. The maximum Gasteiger partial charge on any atom is 0.312 e. The highest BCUT2D eigenvalue weighted by Gasteiger charge is 2.21. The summed E-state index contributed by atoms with van der Waals surface area (Å²) in [4.78, 5) is 14.1. The maximum absolute atomic E-state index is 10.6. The minimum atomic E-state index is -0.671. The summed E-state index contributed by atoms with van der Waals surface area (Å²) in [5, 5.41) is 20.5. The molecule has 16 heavy (non-hydrogen) atoms. The molecule has 5 nitrogen and oxygen atoms in total. The van der Waals surface area contributed by atoms with Crippen molar-refractivity contribution in [1.29, 1.82) is 0 Å². The number of nitro groups is 1. The molecule has 6 heteroatoms. The molecule has 0 amide bonds. The number of nitrogens with zero attached hydrogens (tertiary/aromatic N) is 2. The van der Waals surface area contributed by atoms with Crippen LogP contribution in [-0.2, 0) is 0 Å². The van der Waals surface area contributed by atoms with Crippen LogP contribution in [0.4, 0.5) is 5.69 Å². The molecular weight excluding hydrogens is 232 g/mol. The van der Waals surface area contributed by atoms with E-state index in [9.17, 15) is 15.2 Å². The fourth-order valence-corrected chi connectivity index (χ4v) is 1.47. The molecule has 0 heterocycles. The summed E-state index contributed by atoms with van der Waals surface area (Å²) in [7, 11) is 0. The van der Waals surface area contributed by atoms with Gasteiger partial charge in [0.1, 0.15) is 0 Å². The Labute approximate surface area is 96.5 Å². The van der Waals surface area contributed by atoms with Crippen LogP contribution in [-0.4, -0.2) is 22.3 Å². The van der Waals surface area contributed by atoms with Gasteiger partial charge in [0.2, 0.25) is 5.75 Å². The maximum atomic E-state index is 10.6. The number of hydrogen-bond acceptors (Lipinski definition) is 4. The quantitative estimate of drug-likeness (QED) is 0.501. The number of nitro benzene ring substituents is 1. The van der Waals surface area contributed by atoms with Crippen molar-refractivity contribution >= 4 is 23.5 Å². The molecule has 0 aliphatic heterocycles. The zero-order chi connectivity index (χ0) is 11.7. The molecule has 2 rings (SSSR count). The van der Waals surface area contributed by atoms with Crippen molar-refractivity contribution < 1.29 is 10.0 Å². The van der Waals surface area contributed by atoms with Crippen molar-refractivity contribution in [3.63, 3.8) is 0 Å². The second-order valence-electron chi connectivity index (χ2n) is 3.63. The molecular formula is C10H9ClN2O3. The highest BCUT2D eigenvalue weighted by Crippen LogP contribution is 2.32. The van der Waals surface area contributed by atoms with E-state index in [0.29, 0.717) is 0 Å². The van der Waals surface area contributed by atoms with E-state index < -0.39 is 10.6 Å². The third kappa shape index (κ3) is 2.30. The minimum Gasteiger partial charge on any atom is -0.502 e. The number of hydrogen-bond donors (Lipinski definition) is 1. The standard InChI is InChI=1S/C10H9ClN2O3/c11-7-3-6(5-12-8-1-2-8)10(14)9(4-7)13(15)16/h3-5,8,14H,1-2H2. The van der Waals surface area contributed by atoms with Crippen molar-refractivity contribution in [2.45, 2.75) is 18.9 Å². The second kappa shape index (κ2) is 4.09. The number of aliphatic imine (C=N–C) groups is 1. The number of phenols is 1. The minimum absolute atomic E-state index is 0.210. The molecule has 0 unspecified atom stereocenters. The number of aromatic hydroxyl groups is 1. The van der Waals surface area contributed by atoms with Crippen molar-refractivity contribution in [2.24, 2.45) is 4.99 Å². The Morgan fingerprint density at radius 3 is 2.81 bits per heavy atom. The normalized spacial score (nSPS) is 15.6. The topological polar surface area (TPSA) is 75.7 Å². The highest BCUT2D eigenvalue weighted by molar-refractivity contribution is 6.31. The Balaban J connectivity index is 2.39. The van der Waals surface area contributed by atoms with Gasteiger partial charge in [0.25, 0.3) is 0 Å². The molecule has 0 aromatic heterocycles. The van der Waals surface area contributed by atoms with Crippen LogP contribution in [0.15, 0.2) is 17.1 Å². The number of halogens is 1. The van der Waals surface area contributed by atoms with E-state index >= 15 is 0 Å². The summed E-state index contributed by atoms with van der Waals surface area (Å²) in [6.07, 6.45) is 3.49. The summed E-state index contributed by atoms with van der Waals surface area (Å²) in [5.41, 5.74) is -0.115. The third-order valence-electron chi connectivity index (χ3n) is 2.25. The fraction of sp³-hybridized carbons (Fsp3) is 0.300. The average Bonchev–Trinajstić information content (AvgIpc) is 3.02. The molecule has 84 valence electrons.